The van der Waals surface area contributed by atoms with E-state index in [2.05, 4.69) is 20.4 Å². The molecule has 2 aromatic rings. The van der Waals surface area contributed by atoms with Crippen molar-refractivity contribution in [3.05, 3.63) is 30.2 Å². The van der Waals surface area contributed by atoms with Crippen molar-refractivity contribution in [1.29, 1.82) is 0 Å². The van der Waals surface area contributed by atoms with Crippen LogP contribution >= 0.6 is 0 Å². The third-order valence-electron chi connectivity index (χ3n) is 2.02. The fourth-order valence-corrected chi connectivity index (χ4v) is 1.33. The van der Waals surface area contributed by atoms with Crippen molar-refractivity contribution >= 4 is 17.7 Å². The summed E-state index contributed by atoms with van der Waals surface area (Å²) in [6, 6.07) is 5.40. The zero-order valence-corrected chi connectivity index (χ0v) is 9.29. The Labute approximate surface area is 97.7 Å². The maximum atomic E-state index is 11.6. The van der Waals surface area contributed by atoms with E-state index in [1.807, 2.05) is 19.1 Å². The zero-order chi connectivity index (χ0) is 12.3. The molecule has 2 rings (SSSR count). The monoisotopic (exact) mass is 232 g/mol. The number of nitrogens with one attached hydrogen (secondary N) is 1. The summed E-state index contributed by atoms with van der Waals surface area (Å²) in [5.74, 6) is 0.433. The van der Waals surface area contributed by atoms with Gasteiger partial charge in [0.25, 0.3) is 0 Å². The molecule has 17 heavy (non-hydrogen) atoms. The Morgan fingerprint density at radius 2 is 2.35 bits per heavy atom. The number of hydrogen-bond acceptors (Lipinski definition) is 5. The summed E-state index contributed by atoms with van der Waals surface area (Å²) < 4.78 is 1.36. The third-order valence-corrected chi connectivity index (χ3v) is 2.02. The maximum Gasteiger partial charge on any atom is 0.247 e. The first-order valence-electron chi connectivity index (χ1n) is 5.02. The third kappa shape index (κ3) is 3.00. The van der Waals surface area contributed by atoms with Crippen LogP contribution < -0.4 is 11.1 Å². The van der Waals surface area contributed by atoms with E-state index < -0.39 is 0 Å². The predicted octanol–water partition coefficient (Wildman–Crippen LogP) is 0.202. The first-order valence-corrected chi connectivity index (χ1v) is 5.02. The smallest absolute Gasteiger partial charge is 0.247 e. The van der Waals surface area contributed by atoms with Crippen LogP contribution in [0.1, 0.15) is 5.69 Å². The molecule has 7 heteroatoms. The number of pyridine rings is 1. The van der Waals surface area contributed by atoms with E-state index in [0.717, 1.165) is 5.69 Å². The second-order valence-corrected chi connectivity index (χ2v) is 3.51. The molecular weight excluding hydrogens is 220 g/mol. The quantitative estimate of drug-likeness (QED) is 0.787. The number of nitrogens with zero attached hydrogens (tertiary/aromatic N) is 4. The van der Waals surface area contributed by atoms with Crippen LogP contribution in [0.15, 0.2) is 24.5 Å². The molecule has 0 spiro atoms. The first-order chi connectivity index (χ1) is 8.13. The Hall–Kier alpha value is -2.44. The number of nitrogen functional groups attached to an aromatic ring is 1. The fraction of sp³-hybridized carbons (Fsp3) is 0.200. The Morgan fingerprint density at radius 1 is 1.53 bits per heavy atom. The Bertz CT molecular complexity index is 535. The normalized spacial score (nSPS) is 10.2. The van der Waals surface area contributed by atoms with Crippen LogP contribution in [0, 0.1) is 6.92 Å². The lowest BCUT2D eigenvalue weighted by atomic mass is 10.4. The van der Waals surface area contributed by atoms with Gasteiger partial charge in [0.1, 0.15) is 18.7 Å². The lowest BCUT2D eigenvalue weighted by molar-refractivity contribution is -0.116. The van der Waals surface area contributed by atoms with Gasteiger partial charge in [0.15, 0.2) is 0 Å². The van der Waals surface area contributed by atoms with Crippen molar-refractivity contribution < 1.29 is 4.79 Å². The molecule has 0 bridgehead atoms. The first kappa shape index (κ1) is 11.1. The highest BCUT2D eigenvalue weighted by Crippen LogP contribution is 2.03. The van der Waals surface area contributed by atoms with Crippen molar-refractivity contribution in [2.75, 3.05) is 11.1 Å². The minimum atomic E-state index is -0.229. The maximum absolute atomic E-state index is 11.6. The number of rotatable bonds is 3. The largest absolute Gasteiger partial charge is 0.367 e. The van der Waals surface area contributed by atoms with Gasteiger partial charge in [-0.25, -0.2) is 14.6 Å². The summed E-state index contributed by atoms with van der Waals surface area (Å²) in [7, 11) is 0. The minimum absolute atomic E-state index is 0.0554. The standard InChI is InChI=1S/C10H12N6O/c1-7-3-2-4-8(13-7)14-9(17)5-16-6-12-10(11)15-16/h2-4,6H,5H2,1H3,(H2,11,15)(H,13,14,17). The molecule has 2 aromatic heterocycles. The molecule has 0 saturated heterocycles. The molecule has 88 valence electrons. The summed E-state index contributed by atoms with van der Waals surface area (Å²) in [6.07, 6.45) is 1.40. The molecule has 2 heterocycles. The molecule has 0 radical (unpaired) electrons. The van der Waals surface area contributed by atoms with Crippen molar-refractivity contribution in [2.45, 2.75) is 13.5 Å². The molecule has 0 saturated carbocycles. The fourth-order valence-electron chi connectivity index (χ4n) is 1.33. The van der Waals surface area contributed by atoms with Crippen LogP contribution in [-0.4, -0.2) is 25.7 Å². The van der Waals surface area contributed by atoms with Gasteiger partial charge < -0.3 is 11.1 Å². The van der Waals surface area contributed by atoms with Gasteiger partial charge in [-0.15, -0.1) is 5.10 Å². The number of carbonyl (C=O) groups is 1. The van der Waals surface area contributed by atoms with Gasteiger partial charge in [0.2, 0.25) is 11.9 Å². The molecule has 0 unspecified atom stereocenters. The highest BCUT2D eigenvalue weighted by Gasteiger charge is 2.05. The van der Waals surface area contributed by atoms with Crippen molar-refractivity contribution in [1.82, 2.24) is 19.7 Å². The van der Waals surface area contributed by atoms with Gasteiger partial charge in [-0.05, 0) is 19.1 Å². The minimum Gasteiger partial charge on any atom is -0.367 e. The van der Waals surface area contributed by atoms with Gasteiger partial charge >= 0.3 is 0 Å². The van der Waals surface area contributed by atoms with Crippen molar-refractivity contribution in [3.63, 3.8) is 0 Å². The number of hydrogen-bond donors (Lipinski definition) is 2. The number of amides is 1. The molecule has 0 atom stereocenters. The predicted molar refractivity (Wildman–Crippen MR) is 62.0 cm³/mol. The van der Waals surface area contributed by atoms with Crippen LogP contribution in [0.25, 0.3) is 0 Å². The summed E-state index contributed by atoms with van der Waals surface area (Å²) >= 11 is 0. The van der Waals surface area contributed by atoms with Crippen LogP contribution in [0.3, 0.4) is 0 Å². The summed E-state index contributed by atoms with van der Waals surface area (Å²) in [5, 5.41) is 6.47. The second kappa shape index (κ2) is 4.60. The average molecular weight is 232 g/mol. The number of aryl methyl sites for hydroxylation is 1. The Morgan fingerprint density at radius 3 is 3.00 bits per heavy atom. The van der Waals surface area contributed by atoms with Crippen LogP contribution in [0.4, 0.5) is 11.8 Å². The van der Waals surface area contributed by atoms with Crippen LogP contribution in [-0.2, 0) is 11.3 Å². The summed E-state index contributed by atoms with van der Waals surface area (Å²) in [4.78, 5) is 19.5. The van der Waals surface area contributed by atoms with Gasteiger partial charge in [-0.2, -0.15) is 0 Å². The molecule has 7 nitrogen and oxygen atoms in total. The van der Waals surface area contributed by atoms with Crippen molar-refractivity contribution in [3.8, 4) is 0 Å². The van der Waals surface area contributed by atoms with E-state index >= 15 is 0 Å². The number of aromatic nitrogens is 4. The van der Waals surface area contributed by atoms with Gasteiger partial charge in [0.05, 0.1) is 0 Å². The molecule has 3 N–H and O–H groups in total. The summed E-state index contributed by atoms with van der Waals surface area (Å²) in [6.45, 7) is 1.91. The second-order valence-electron chi connectivity index (χ2n) is 3.51. The lowest BCUT2D eigenvalue weighted by Crippen LogP contribution is -2.19. The molecule has 0 aliphatic heterocycles. The molecule has 0 aliphatic rings. The zero-order valence-electron chi connectivity index (χ0n) is 9.29. The molecule has 0 fully saturated rings. The van der Waals surface area contributed by atoms with E-state index in [-0.39, 0.29) is 18.4 Å². The van der Waals surface area contributed by atoms with Crippen LogP contribution in [0.2, 0.25) is 0 Å². The topological polar surface area (TPSA) is 98.7 Å². The highest BCUT2D eigenvalue weighted by molar-refractivity contribution is 5.89. The van der Waals surface area contributed by atoms with Crippen LogP contribution in [0.5, 0.6) is 0 Å². The van der Waals surface area contributed by atoms with Gasteiger partial charge in [-0.1, -0.05) is 6.07 Å². The number of carbonyl (C=O) groups excluding carboxylic acids is 1. The van der Waals surface area contributed by atoms with E-state index in [0.29, 0.717) is 5.82 Å². The molecular formula is C10H12N6O. The van der Waals surface area contributed by atoms with E-state index in [9.17, 15) is 4.79 Å². The van der Waals surface area contributed by atoms with Gasteiger partial charge in [-0.3, -0.25) is 4.79 Å². The van der Waals surface area contributed by atoms with E-state index in [1.54, 1.807) is 6.07 Å². The van der Waals surface area contributed by atoms with E-state index in [1.165, 1.54) is 11.0 Å². The molecule has 0 aromatic carbocycles. The number of anilines is 2. The molecule has 1 amide bonds. The SMILES string of the molecule is Cc1cccc(NC(=O)Cn2cnc(N)n2)n1. The lowest BCUT2D eigenvalue weighted by Gasteiger charge is -2.04. The van der Waals surface area contributed by atoms with Gasteiger partial charge in [0, 0.05) is 5.69 Å². The van der Waals surface area contributed by atoms with Crippen molar-refractivity contribution in [2.24, 2.45) is 0 Å². The Balaban J connectivity index is 1.98. The molecule has 0 aliphatic carbocycles. The highest BCUT2D eigenvalue weighted by atomic mass is 16.2. The van der Waals surface area contributed by atoms with E-state index in [4.69, 9.17) is 5.73 Å². The number of nitrogens with two attached hydrogens (primary N) is 1. The average Bonchev–Trinajstić information content (AvgIpc) is 2.63. The summed E-state index contributed by atoms with van der Waals surface area (Å²) in [5.41, 5.74) is 6.18. The Kier molecular flexibility index (Phi) is 2.99.